The third kappa shape index (κ3) is 2.15. The van der Waals surface area contributed by atoms with Crippen LogP contribution in [0.1, 0.15) is 32.6 Å². The van der Waals surface area contributed by atoms with E-state index in [4.69, 9.17) is 0 Å². The monoisotopic (exact) mass is 243 g/mol. The number of rotatable bonds is 2. The number of nitrogens with zero attached hydrogens (tertiary/aromatic N) is 3. The number of ketones is 1. The van der Waals surface area contributed by atoms with Crippen molar-refractivity contribution in [3.63, 3.8) is 0 Å². The van der Waals surface area contributed by atoms with Crippen molar-refractivity contribution in [2.75, 3.05) is 0 Å². The van der Waals surface area contributed by atoms with Gasteiger partial charge in [0.25, 0.3) is 0 Å². The Balaban J connectivity index is 1.85. The number of carbonyl (C=O) groups is 1. The summed E-state index contributed by atoms with van der Waals surface area (Å²) in [5.74, 6) is 0.388. The number of pyridine rings is 1. The predicted octanol–water partition coefficient (Wildman–Crippen LogP) is 2.58. The van der Waals surface area contributed by atoms with Crippen molar-refractivity contribution in [3.05, 3.63) is 24.5 Å². The molecule has 1 aliphatic carbocycles. The normalized spacial score (nSPS) is 24.6. The Morgan fingerprint density at radius 3 is 3.17 bits per heavy atom. The molecule has 0 saturated heterocycles. The van der Waals surface area contributed by atoms with Gasteiger partial charge in [-0.2, -0.15) is 5.10 Å². The summed E-state index contributed by atoms with van der Waals surface area (Å²) in [6.07, 6.45) is 7.31. The highest BCUT2D eigenvalue weighted by atomic mass is 16.1. The van der Waals surface area contributed by atoms with Crippen LogP contribution in [0.3, 0.4) is 0 Å². The van der Waals surface area contributed by atoms with Crippen LogP contribution in [0.5, 0.6) is 0 Å². The maximum atomic E-state index is 11.6. The van der Waals surface area contributed by atoms with Gasteiger partial charge < -0.3 is 0 Å². The van der Waals surface area contributed by atoms with E-state index < -0.39 is 0 Å². The van der Waals surface area contributed by atoms with Gasteiger partial charge in [0, 0.05) is 37.2 Å². The van der Waals surface area contributed by atoms with Crippen molar-refractivity contribution in [1.29, 1.82) is 0 Å². The SMILES string of the molecule is C[C@]1(Cn2cc3cccnc3n2)CCCC(=O)C1. The first kappa shape index (κ1) is 11.4. The molecule has 0 radical (unpaired) electrons. The molecule has 2 aromatic heterocycles. The van der Waals surface area contributed by atoms with Gasteiger partial charge in [0.15, 0.2) is 5.65 Å². The zero-order valence-electron chi connectivity index (χ0n) is 10.6. The summed E-state index contributed by atoms with van der Waals surface area (Å²) in [6.45, 7) is 2.99. The minimum atomic E-state index is 0.0530. The number of aromatic nitrogens is 3. The topological polar surface area (TPSA) is 47.8 Å². The molecule has 3 rings (SSSR count). The standard InChI is InChI=1S/C14H17N3O/c1-14(6-2-5-12(18)8-14)10-17-9-11-4-3-7-15-13(11)16-17/h3-4,7,9H,2,5-6,8,10H2,1H3/t14-/m0/s1. The van der Waals surface area contributed by atoms with E-state index >= 15 is 0 Å². The molecule has 94 valence electrons. The van der Waals surface area contributed by atoms with E-state index in [1.165, 1.54) is 0 Å². The smallest absolute Gasteiger partial charge is 0.181 e. The van der Waals surface area contributed by atoms with Gasteiger partial charge in [0.1, 0.15) is 5.78 Å². The number of fused-ring (bicyclic) bond motifs is 1. The predicted molar refractivity (Wildman–Crippen MR) is 69.1 cm³/mol. The van der Waals surface area contributed by atoms with Gasteiger partial charge in [0.05, 0.1) is 0 Å². The molecule has 4 heteroatoms. The quantitative estimate of drug-likeness (QED) is 0.814. The molecule has 1 saturated carbocycles. The molecule has 1 aliphatic rings. The Morgan fingerprint density at radius 2 is 2.39 bits per heavy atom. The van der Waals surface area contributed by atoms with Crippen molar-refractivity contribution < 1.29 is 4.79 Å². The Kier molecular flexibility index (Phi) is 2.65. The summed E-state index contributed by atoms with van der Waals surface area (Å²) in [7, 11) is 0. The summed E-state index contributed by atoms with van der Waals surface area (Å²) in [4.78, 5) is 15.8. The second-order valence-electron chi connectivity index (χ2n) is 5.62. The second-order valence-corrected chi connectivity index (χ2v) is 5.62. The van der Waals surface area contributed by atoms with Crippen LogP contribution in [-0.4, -0.2) is 20.5 Å². The highest BCUT2D eigenvalue weighted by molar-refractivity contribution is 5.79. The second kappa shape index (κ2) is 4.19. The molecule has 2 heterocycles. The number of hydrogen-bond donors (Lipinski definition) is 0. The molecule has 0 amide bonds. The molecule has 2 aromatic rings. The van der Waals surface area contributed by atoms with Crippen molar-refractivity contribution in [1.82, 2.24) is 14.8 Å². The molecule has 0 N–H and O–H groups in total. The fourth-order valence-electron chi connectivity index (χ4n) is 2.88. The largest absolute Gasteiger partial charge is 0.300 e. The summed E-state index contributed by atoms with van der Waals surface area (Å²) in [5, 5.41) is 5.53. The molecular formula is C14H17N3O. The zero-order chi connectivity index (χ0) is 12.6. The van der Waals surface area contributed by atoms with Gasteiger partial charge in [-0.25, -0.2) is 4.98 Å². The van der Waals surface area contributed by atoms with Crippen molar-refractivity contribution in [3.8, 4) is 0 Å². The highest BCUT2D eigenvalue weighted by Gasteiger charge is 2.31. The van der Waals surface area contributed by atoms with E-state index in [-0.39, 0.29) is 5.41 Å². The number of carbonyl (C=O) groups excluding carboxylic acids is 1. The van der Waals surface area contributed by atoms with E-state index in [1.807, 2.05) is 23.0 Å². The first-order valence-electron chi connectivity index (χ1n) is 6.45. The fraction of sp³-hybridized carbons (Fsp3) is 0.500. The van der Waals surface area contributed by atoms with Crippen molar-refractivity contribution in [2.45, 2.75) is 39.2 Å². The van der Waals surface area contributed by atoms with Crippen LogP contribution in [0, 0.1) is 5.41 Å². The van der Waals surface area contributed by atoms with E-state index in [9.17, 15) is 4.79 Å². The Morgan fingerprint density at radius 1 is 1.50 bits per heavy atom. The molecule has 0 aromatic carbocycles. The lowest BCUT2D eigenvalue weighted by Gasteiger charge is -2.32. The van der Waals surface area contributed by atoms with Crippen LogP contribution in [0.15, 0.2) is 24.5 Å². The van der Waals surface area contributed by atoms with Crippen LogP contribution in [0.4, 0.5) is 0 Å². The third-order valence-corrected chi connectivity index (χ3v) is 3.73. The first-order chi connectivity index (χ1) is 8.65. The molecule has 1 atom stereocenters. The molecule has 1 fully saturated rings. The van der Waals surface area contributed by atoms with Crippen LogP contribution in [0.25, 0.3) is 11.0 Å². The number of Topliss-reactive ketones (excluding diaryl/α,β-unsaturated/α-hetero) is 1. The van der Waals surface area contributed by atoms with Gasteiger partial charge in [0.2, 0.25) is 0 Å². The number of hydrogen-bond acceptors (Lipinski definition) is 3. The summed E-state index contributed by atoms with van der Waals surface area (Å²) in [6, 6.07) is 3.93. The summed E-state index contributed by atoms with van der Waals surface area (Å²) in [5.41, 5.74) is 0.834. The summed E-state index contributed by atoms with van der Waals surface area (Å²) >= 11 is 0. The molecule has 4 nitrogen and oxygen atoms in total. The van der Waals surface area contributed by atoms with E-state index in [0.29, 0.717) is 12.2 Å². The molecule has 18 heavy (non-hydrogen) atoms. The first-order valence-corrected chi connectivity index (χ1v) is 6.45. The van der Waals surface area contributed by atoms with Crippen molar-refractivity contribution in [2.24, 2.45) is 5.41 Å². The molecular weight excluding hydrogens is 226 g/mol. The lowest BCUT2D eigenvalue weighted by atomic mass is 9.75. The Labute approximate surface area is 106 Å². The minimum absolute atomic E-state index is 0.0530. The van der Waals surface area contributed by atoms with Crippen LogP contribution in [-0.2, 0) is 11.3 Å². The van der Waals surface area contributed by atoms with Crippen LogP contribution in [0.2, 0.25) is 0 Å². The fourth-order valence-corrected chi connectivity index (χ4v) is 2.88. The lowest BCUT2D eigenvalue weighted by Crippen LogP contribution is -2.30. The highest BCUT2D eigenvalue weighted by Crippen LogP contribution is 2.35. The average Bonchev–Trinajstić information content (AvgIpc) is 2.69. The van der Waals surface area contributed by atoms with Gasteiger partial charge in [-0.1, -0.05) is 6.92 Å². The molecule has 0 bridgehead atoms. The Hall–Kier alpha value is -1.71. The minimum Gasteiger partial charge on any atom is -0.300 e. The maximum absolute atomic E-state index is 11.6. The third-order valence-electron chi connectivity index (χ3n) is 3.73. The zero-order valence-corrected chi connectivity index (χ0v) is 10.6. The molecule has 0 unspecified atom stereocenters. The maximum Gasteiger partial charge on any atom is 0.181 e. The van der Waals surface area contributed by atoms with E-state index in [2.05, 4.69) is 17.0 Å². The van der Waals surface area contributed by atoms with E-state index in [0.717, 1.165) is 36.8 Å². The van der Waals surface area contributed by atoms with Crippen molar-refractivity contribution >= 4 is 16.8 Å². The van der Waals surface area contributed by atoms with Crippen LogP contribution >= 0.6 is 0 Å². The molecule has 0 spiro atoms. The average molecular weight is 243 g/mol. The van der Waals surface area contributed by atoms with Gasteiger partial charge >= 0.3 is 0 Å². The summed E-state index contributed by atoms with van der Waals surface area (Å²) < 4.78 is 1.94. The van der Waals surface area contributed by atoms with Gasteiger partial charge in [-0.3, -0.25) is 9.48 Å². The lowest BCUT2D eigenvalue weighted by molar-refractivity contribution is -0.123. The van der Waals surface area contributed by atoms with Gasteiger partial charge in [-0.15, -0.1) is 0 Å². The van der Waals surface area contributed by atoms with Gasteiger partial charge in [-0.05, 0) is 30.4 Å². The van der Waals surface area contributed by atoms with Crippen LogP contribution < -0.4 is 0 Å². The molecule has 0 aliphatic heterocycles. The van der Waals surface area contributed by atoms with E-state index in [1.54, 1.807) is 6.20 Å². The Bertz CT molecular complexity index is 556.